The van der Waals surface area contributed by atoms with Gasteiger partial charge in [0, 0.05) is 18.7 Å². The molecule has 1 atom stereocenters. The number of carbonyl (C=O) groups is 1. The predicted octanol–water partition coefficient (Wildman–Crippen LogP) is 2.48. The number of carbonyl (C=O) groups excluding carboxylic acids is 1. The van der Waals surface area contributed by atoms with Crippen LogP contribution < -0.4 is 16.4 Å². The van der Waals surface area contributed by atoms with Gasteiger partial charge < -0.3 is 16.4 Å². The van der Waals surface area contributed by atoms with Crippen molar-refractivity contribution in [3.05, 3.63) is 23.8 Å². The molecule has 0 aromatic heterocycles. The van der Waals surface area contributed by atoms with Crippen molar-refractivity contribution in [2.45, 2.75) is 27.2 Å². The van der Waals surface area contributed by atoms with E-state index >= 15 is 0 Å². The summed E-state index contributed by atoms with van der Waals surface area (Å²) in [5, 5.41) is 6.06. The summed E-state index contributed by atoms with van der Waals surface area (Å²) in [7, 11) is 0. The molecule has 4 nitrogen and oxygen atoms in total. The normalized spacial score (nSPS) is 11.9. The van der Waals surface area contributed by atoms with Gasteiger partial charge in [-0.15, -0.1) is 0 Å². The van der Waals surface area contributed by atoms with Gasteiger partial charge in [0.25, 0.3) is 5.91 Å². The van der Waals surface area contributed by atoms with E-state index in [-0.39, 0.29) is 5.91 Å². The molecule has 1 aromatic carbocycles. The maximum absolute atomic E-state index is 11.6. The van der Waals surface area contributed by atoms with Crippen LogP contribution in [0.2, 0.25) is 0 Å². The molecule has 0 saturated carbocycles. The SMILES string of the molecule is CCNC(=O)c1ccc(NCC(C)CC)c(N)c1. The van der Waals surface area contributed by atoms with Gasteiger partial charge in [0.05, 0.1) is 11.4 Å². The minimum atomic E-state index is -0.0855. The maximum atomic E-state index is 11.6. The van der Waals surface area contributed by atoms with Crippen molar-refractivity contribution in [1.29, 1.82) is 0 Å². The summed E-state index contributed by atoms with van der Waals surface area (Å²) in [6.45, 7) is 7.75. The fourth-order valence-electron chi connectivity index (χ4n) is 1.56. The first-order chi connectivity index (χ1) is 8.58. The highest BCUT2D eigenvalue weighted by molar-refractivity contribution is 5.96. The lowest BCUT2D eigenvalue weighted by atomic mass is 10.1. The standard InChI is InChI=1S/C14H23N3O/c1-4-10(3)9-17-13-7-6-11(8-12(13)15)14(18)16-5-2/h6-8,10,17H,4-5,9,15H2,1-3H3,(H,16,18). The molecule has 18 heavy (non-hydrogen) atoms. The second kappa shape index (κ2) is 6.89. The van der Waals surface area contributed by atoms with Gasteiger partial charge in [0.1, 0.15) is 0 Å². The van der Waals surface area contributed by atoms with E-state index in [4.69, 9.17) is 5.73 Å². The highest BCUT2D eigenvalue weighted by atomic mass is 16.1. The van der Waals surface area contributed by atoms with Crippen LogP contribution in [0.5, 0.6) is 0 Å². The Morgan fingerprint density at radius 1 is 1.39 bits per heavy atom. The second-order valence-corrected chi connectivity index (χ2v) is 4.56. The molecule has 100 valence electrons. The zero-order chi connectivity index (χ0) is 13.5. The number of benzene rings is 1. The van der Waals surface area contributed by atoms with Crippen LogP contribution in [0.3, 0.4) is 0 Å². The highest BCUT2D eigenvalue weighted by Gasteiger charge is 2.07. The molecule has 0 heterocycles. The first kappa shape index (κ1) is 14.4. The van der Waals surface area contributed by atoms with Crippen LogP contribution in [0.25, 0.3) is 0 Å². The Morgan fingerprint density at radius 2 is 2.11 bits per heavy atom. The Labute approximate surface area is 109 Å². The molecule has 0 spiro atoms. The maximum Gasteiger partial charge on any atom is 0.251 e. The number of nitrogen functional groups attached to an aromatic ring is 1. The zero-order valence-electron chi connectivity index (χ0n) is 11.4. The molecular weight excluding hydrogens is 226 g/mol. The second-order valence-electron chi connectivity index (χ2n) is 4.56. The van der Waals surface area contributed by atoms with Crippen LogP contribution in [0.1, 0.15) is 37.6 Å². The Bertz CT molecular complexity index is 404. The summed E-state index contributed by atoms with van der Waals surface area (Å²) < 4.78 is 0. The molecule has 4 N–H and O–H groups in total. The average molecular weight is 249 g/mol. The van der Waals surface area contributed by atoms with E-state index < -0.39 is 0 Å². The van der Waals surface area contributed by atoms with Crippen LogP contribution in [0.15, 0.2) is 18.2 Å². The summed E-state index contributed by atoms with van der Waals surface area (Å²) in [4.78, 5) is 11.6. The van der Waals surface area contributed by atoms with Crippen molar-refractivity contribution in [3.8, 4) is 0 Å². The summed E-state index contributed by atoms with van der Waals surface area (Å²) in [5.41, 5.74) is 8.05. The van der Waals surface area contributed by atoms with Gasteiger partial charge in [-0.05, 0) is 31.0 Å². The van der Waals surface area contributed by atoms with E-state index in [0.29, 0.717) is 23.7 Å². The number of nitrogens with one attached hydrogen (secondary N) is 2. The molecule has 1 amide bonds. The highest BCUT2D eigenvalue weighted by Crippen LogP contribution is 2.20. The van der Waals surface area contributed by atoms with Gasteiger partial charge in [-0.2, -0.15) is 0 Å². The van der Waals surface area contributed by atoms with Crippen LogP contribution in [0.4, 0.5) is 11.4 Å². The van der Waals surface area contributed by atoms with E-state index in [2.05, 4.69) is 24.5 Å². The summed E-state index contributed by atoms with van der Waals surface area (Å²) in [5.74, 6) is 0.519. The van der Waals surface area contributed by atoms with Gasteiger partial charge >= 0.3 is 0 Å². The van der Waals surface area contributed by atoms with Crippen LogP contribution in [-0.4, -0.2) is 19.0 Å². The van der Waals surface area contributed by atoms with E-state index in [1.54, 1.807) is 12.1 Å². The van der Waals surface area contributed by atoms with Gasteiger partial charge in [0.2, 0.25) is 0 Å². The van der Waals surface area contributed by atoms with Crippen molar-refractivity contribution in [3.63, 3.8) is 0 Å². The van der Waals surface area contributed by atoms with Gasteiger partial charge in [0.15, 0.2) is 0 Å². The summed E-state index contributed by atoms with van der Waals surface area (Å²) in [6, 6.07) is 5.37. The molecule has 0 aliphatic heterocycles. The number of hydrogen-bond acceptors (Lipinski definition) is 3. The Morgan fingerprint density at radius 3 is 2.67 bits per heavy atom. The number of nitrogens with two attached hydrogens (primary N) is 1. The summed E-state index contributed by atoms with van der Waals surface area (Å²) in [6.07, 6.45) is 1.13. The number of amides is 1. The average Bonchev–Trinajstić information content (AvgIpc) is 2.37. The monoisotopic (exact) mass is 249 g/mol. The lowest BCUT2D eigenvalue weighted by molar-refractivity contribution is 0.0956. The van der Waals surface area contributed by atoms with E-state index in [1.165, 1.54) is 0 Å². The number of hydrogen-bond donors (Lipinski definition) is 3. The van der Waals surface area contributed by atoms with E-state index in [9.17, 15) is 4.79 Å². The fourth-order valence-corrected chi connectivity index (χ4v) is 1.56. The first-order valence-corrected chi connectivity index (χ1v) is 6.50. The molecule has 0 aliphatic carbocycles. The molecule has 1 rings (SSSR count). The van der Waals surface area contributed by atoms with Crippen molar-refractivity contribution in [2.75, 3.05) is 24.1 Å². The molecule has 1 aromatic rings. The van der Waals surface area contributed by atoms with E-state index in [1.807, 2.05) is 13.0 Å². The molecular formula is C14H23N3O. The summed E-state index contributed by atoms with van der Waals surface area (Å²) >= 11 is 0. The Balaban J connectivity index is 2.70. The van der Waals surface area contributed by atoms with Crippen molar-refractivity contribution in [1.82, 2.24) is 5.32 Å². The fraction of sp³-hybridized carbons (Fsp3) is 0.500. The van der Waals surface area contributed by atoms with Crippen LogP contribution >= 0.6 is 0 Å². The smallest absolute Gasteiger partial charge is 0.251 e. The quantitative estimate of drug-likeness (QED) is 0.678. The van der Waals surface area contributed by atoms with Crippen molar-refractivity contribution in [2.24, 2.45) is 5.92 Å². The molecule has 4 heteroatoms. The molecule has 0 bridgehead atoms. The van der Waals surface area contributed by atoms with Gasteiger partial charge in [-0.3, -0.25) is 4.79 Å². The van der Waals surface area contributed by atoms with Crippen LogP contribution in [0, 0.1) is 5.92 Å². The topological polar surface area (TPSA) is 67.2 Å². The van der Waals surface area contributed by atoms with Crippen LogP contribution in [-0.2, 0) is 0 Å². The molecule has 0 fully saturated rings. The molecule has 1 unspecified atom stereocenters. The predicted molar refractivity (Wildman–Crippen MR) is 76.8 cm³/mol. The largest absolute Gasteiger partial charge is 0.397 e. The third kappa shape index (κ3) is 3.95. The minimum absolute atomic E-state index is 0.0855. The Hall–Kier alpha value is -1.71. The molecule has 0 radical (unpaired) electrons. The minimum Gasteiger partial charge on any atom is -0.397 e. The van der Waals surface area contributed by atoms with Gasteiger partial charge in [-0.25, -0.2) is 0 Å². The molecule has 0 saturated heterocycles. The van der Waals surface area contributed by atoms with Gasteiger partial charge in [-0.1, -0.05) is 20.3 Å². The Kier molecular flexibility index (Phi) is 5.49. The first-order valence-electron chi connectivity index (χ1n) is 6.50. The molecule has 0 aliphatic rings. The van der Waals surface area contributed by atoms with Crippen molar-refractivity contribution >= 4 is 17.3 Å². The number of rotatable bonds is 6. The lowest BCUT2D eigenvalue weighted by Gasteiger charge is -2.14. The third-order valence-electron chi connectivity index (χ3n) is 2.99. The number of anilines is 2. The lowest BCUT2D eigenvalue weighted by Crippen LogP contribution is -2.22. The van der Waals surface area contributed by atoms with Crippen molar-refractivity contribution < 1.29 is 4.79 Å². The third-order valence-corrected chi connectivity index (χ3v) is 2.99. The van der Waals surface area contributed by atoms with E-state index in [0.717, 1.165) is 18.7 Å². The zero-order valence-corrected chi connectivity index (χ0v) is 11.4.